The van der Waals surface area contributed by atoms with Crippen LogP contribution >= 0.6 is 0 Å². The SMILES string of the molecule is Cc1ccc(OCCNC(=O)NCc2ccnc(N3CCOCC3)c2)cc1. The highest BCUT2D eigenvalue weighted by Crippen LogP contribution is 2.14. The fourth-order valence-electron chi connectivity index (χ4n) is 2.75. The van der Waals surface area contributed by atoms with Gasteiger partial charge in [-0.05, 0) is 36.8 Å². The molecule has 0 atom stereocenters. The minimum atomic E-state index is -0.216. The summed E-state index contributed by atoms with van der Waals surface area (Å²) in [6.45, 7) is 6.46. The number of aromatic nitrogens is 1. The molecule has 0 saturated carbocycles. The van der Waals surface area contributed by atoms with E-state index in [9.17, 15) is 4.79 Å². The number of carbonyl (C=O) groups excluding carboxylic acids is 1. The number of hydrogen-bond donors (Lipinski definition) is 2. The van der Waals surface area contributed by atoms with Crippen LogP contribution in [0.5, 0.6) is 5.75 Å². The van der Waals surface area contributed by atoms with E-state index in [1.807, 2.05) is 43.3 Å². The molecule has 144 valence electrons. The van der Waals surface area contributed by atoms with Crippen molar-refractivity contribution in [3.63, 3.8) is 0 Å². The maximum atomic E-state index is 11.9. The number of ether oxygens (including phenoxy) is 2. The molecule has 0 spiro atoms. The molecule has 0 radical (unpaired) electrons. The average molecular weight is 370 g/mol. The monoisotopic (exact) mass is 370 g/mol. The fraction of sp³-hybridized carbons (Fsp3) is 0.400. The first kappa shape index (κ1) is 19.0. The Hall–Kier alpha value is -2.80. The Bertz CT molecular complexity index is 730. The molecule has 2 N–H and O–H groups in total. The Morgan fingerprint density at radius 2 is 1.96 bits per heavy atom. The van der Waals surface area contributed by atoms with Gasteiger partial charge in [-0.25, -0.2) is 9.78 Å². The quantitative estimate of drug-likeness (QED) is 0.730. The fourth-order valence-corrected chi connectivity index (χ4v) is 2.75. The highest BCUT2D eigenvalue weighted by atomic mass is 16.5. The molecular weight excluding hydrogens is 344 g/mol. The normalized spacial score (nSPS) is 13.9. The number of hydrogen-bond acceptors (Lipinski definition) is 5. The van der Waals surface area contributed by atoms with Crippen LogP contribution in [0.3, 0.4) is 0 Å². The van der Waals surface area contributed by atoms with Crippen LogP contribution in [0.15, 0.2) is 42.6 Å². The van der Waals surface area contributed by atoms with Crippen molar-refractivity contribution in [2.24, 2.45) is 0 Å². The molecule has 7 heteroatoms. The lowest BCUT2D eigenvalue weighted by atomic mass is 10.2. The zero-order valence-electron chi connectivity index (χ0n) is 15.6. The number of anilines is 1. The van der Waals surface area contributed by atoms with Gasteiger partial charge >= 0.3 is 6.03 Å². The van der Waals surface area contributed by atoms with Crippen LogP contribution in [-0.4, -0.2) is 50.5 Å². The van der Waals surface area contributed by atoms with Crippen molar-refractivity contribution in [1.82, 2.24) is 15.6 Å². The van der Waals surface area contributed by atoms with Crippen LogP contribution in [0.4, 0.5) is 10.6 Å². The number of benzene rings is 1. The first-order valence-electron chi connectivity index (χ1n) is 9.19. The standard InChI is InChI=1S/C20H26N4O3/c1-16-2-4-18(5-3-16)27-11-8-22-20(25)23-15-17-6-7-21-19(14-17)24-9-12-26-13-10-24/h2-7,14H,8-13,15H2,1H3,(H2,22,23,25). The zero-order valence-corrected chi connectivity index (χ0v) is 15.6. The molecule has 1 saturated heterocycles. The van der Waals surface area contributed by atoms with Crippen molar-refractivity contribution in [2.75, 3.05) is 44.4 Å². The summed E-state index contributed by atoms with van der Waals surface area (Å²) in [7, 11) is 0. The molecule has 1 aliphatic heterocycles. The van der Waals surface area contributed by atoms with E-state index < -0.39 is 0 Å². The number of carbonyl (C=O) groups is 1. The predicted molar refractivity (Wildman–Crippen MR) is 104 cm³/mol. The van der Waals surface area contributed by atoms with E-state index in [0.29, 0.717) is 19.7 Å². The molecule has 2 aromatic rings. The second-order valence-corrected chi connectivity index (χ2v) is 6.39. The topological polar surface area (TPSA) is 75.7 Å². The van der Waals surface area contributed by atoms with Crippen molar-refractivity contribution >= 4 is 11.8 Å². The molecule has 0 aliphatic carbocycles. The smallest absolute Gasteiger partial charge is 0.315 e. The highest BCUT2D eigenvalue weighted by Gasteiger charge is 2.12. The van der Waals surface area contributed by atoms with Crippen LogP contribution in [-0.2, 0) is 11.3 Å². The van der Waals surface area contributed by atoms with Gasteiger partial charge in [0.1, 0.15) is 18.2 Å². The van der Waals surface area contributed by atoms with E-state index in [4.69, 9.17) is 9.47 Å². The third-order valence-corrected chi connectivity index (χ3v) is 4.28. The highest BCUT2D eigenvalue weighted by molar-refractivity contribution is 5.73. The minimum Gasteiger partial charge on any atom is -0.492 e. The first-order valence-corrected chi connectivity index (χ1v) is 9.19. The van der Waals surface area contributed by atoms with Crippen molar-refractivity contribution in [3.05, 3.63) is 53.7 Å². The minimum absolute atomic E-state index is 0.216. The lowest BCUT2D eigenvalue weighted by molar-refractivity contribution is 0.122. The molecule has 1 aromatic heterocycles. The van der Waals surface area contributed by atoms with Crippen molar-refractivity contribution in [3.8, 4) is 5.75 Å². The summed E-state index contributed by atoms with van der Waals surface area (Å²) in [6.07, 6.45) is 1.77. The van der Waals surface area contributed by atoms with E-state index in [0.717, 1.165) is 43.4 Å². The van der Waals surface area contributed by atoms with Gasteiger partial charge in [-0.1, -0.05) is 17.7 Å². The summed E-state index contributed by atoms with van der Waals surface area (Å²) in [6, 6.07) is 11.5. The largest absolute Gasteiger partial charge is 0.492 e. The van der Waals surface area contributed by atoms with Crippen LogP contribution in [0, 0.1) is 6.92 Å². The van der Waals surface area contributed by atoms with Crippen molar-refractivity contribution in [1.29, 1.82) is 0 Å². The average Bonchev–Trinajstić information content (AvgIpc) is 2.72. The molecule has 1 fully saturated rings. The van der Waals surface area contributed by atoms with Crippen molar-refractivity contribution < 1.29 is 14.3 Å². The van der Waals surface area contributed by atoms with Gasteiger partial charge in [0, 0.05) is 25.8 Å². The zero-order chi connectivity index (χ0) is 18.9. The maximum absolute atomic E-state index is 11.9. The van der Waals surface area contributed by atoms with Gasteiger partial charge in [0.15, 0.2) is 0 Å². The summed E-state index contributed by atoms with van der Waals surface area (Å²) in [5, 5.41) is 5.65. The first-order chi connectivity index (χ1) is 13.2. The Morgan fingerprint density at radius 3 is 2.74 bits per heavy atom. The van der Waals surface area contributed by atoms with Gasteiger partial charge in [-0.3, -0.25) is 0 Å². The molecule has 27 heavy (non-hydrogen) atoms. The lowest BCUT2D eigenvalue weighted by Crippen LogP contribution is -2.38. The predicted octanol–water partition coefficient (Wildman–Crippen LogP) is 2.10. The number of rotatable bonds is 7. The lowest BCUT2D eigenvalue weighted by Gasteiger charge is -2.28. The third-order valence-electron chi connectivity index (χ3n) is 4.28. The van der Waals surface area contributed by atoms with Gasteiger partial charge in [-0.2, -0.15) is 0 Å². The Kier molecular flexibility index (Phi) is 6.87. The Morgan fingerprint density at radius 1 is 1.19 bits per heavy atom. The van der Waals surface area contributed by atoms with Gasteiger partial charge in [-0.15, -0.1) is 0 Å². The van der Waals surface area contributed by atoms with Crippen LogP contribution in [0.1, 0.15) is 11.1 Å². The molecule has 1 aliphatic rings. The number of amides is 2. The van der Waals surface area contributed by atoms with Gasteiger partial charge in [0.25, 0.3) is 0 Å². The number of nitrogens with one attached hydrogen (secondary N) is 2. The van der Waals surface area contributed by atoms with Gasteiger partial charge in [0.05, 0.1) is 19.8 Å². The van der Waals surface area contributed by atoms with Crippen LogP contribution in [0.2, 0.25) is 0 Å². The van der Waals surface area contributed by atoms with E-state index in [1.54, 1.807) is 6.20 Å². The maximum Gasteiger partial charge on any atom is 0.315 e. The summed E-state index contributed by atoms with van der Waals surface area (Å²) in [5.74, 6) is 1.72. The Balaban J connectivity index is 1.36. The Labute approximate surface area is 159 Å². The second-order valence-electron chi connectivity index (χ2n) is 6.39. The van der Waals surface area contributed by atoms with Gasteiger partial charge in [0.2, 0.25) is 0 Å². The number of nitrogens with zero attached hydrogens (tertiary/aromatic N) is 2. The van der Waals surface area contributed by atoms with Crippen LogP contribution in [0.25, 0.3) is 0 Å². The number of pyridine rings is 1. The number of morpholine rings is 1. The number of urea groups is 1. The van der Waals surface area contributed by atoms with Gasteiger partial charge < -0.3 is 25.0 Å². The third kappa shape index (κ3) is 6.14. The van der Waals surface area contributed by atoms with Crippen LogP contribution < -0.4 is 20.3 Å². The molecule has 3 rings (SSSR count). The molecule has 0 unspecified atom stereocenters. The van der Waals surface area contributed by atoms with E-state index in [2.05, 4.69) is 20.5 Å². The molecule has 0 bridgehead atoms. The summed E-state index contributed by atoms with van der Waals surface area (Å²) in [5.41, 5.74) is 2.20. The summed E-state index contributed by atoms with van der Waals surface area (Å²) in [4.78, 5) is 18.5. The molecule has 7 nitrogen and oxygen atoms in total. The van der Waals surface area contributed by atoms with Crippen molar-refractivity contribution in [2.45, 2.75) is 13.5 Å². The van der Waals surface area contributed by atoms with E-state index >= 15 is 0 Å². The molecular formula is C20H26N4O3. The summed E-state index contributed by atoms with van der Waals surface area (Å²) < 4.78 is 11.0. The molecule has 2 amide bonds. The van der Waals surface area contributed by atoms with E-state index in [1.165, 1.54) is 5.56 Å². The summed E-state index contributed by atoms with van der Waals surface area (Å²) >= 11 is 0. The molecule has 1 aromatic carbocycles. The number of aryl methyl sites for hydroxylation is 1. The van der Waals surface area contributed by atoms with E-state index in [-0.39, 0.29) is 6.03 Å². The molecule has 2 heterocycles. The second kappa shape index (κ2) is 9.78.